The van der Waals surface area contributed by atoms with Gasteiger partial charge in [0.1, 0.15) is 0 Å². The van der Waals surface area contributed by atoms with Crippen molar-refractivity contribution in [3.63, 3.8) is 0 Å². The SMILES string of the molecule is C=C[C@H]1CN(C)C(C(C)(C)C)N1C(C)C. The van der Waals surface area contributed by atoms with E-state index in [-0.39, 0.29) is 5.41 Å². The highest BCUT2D eigenvalue weighted by atomic mass is 15.4. The van der Waals surface area contributed by atoms with Gasteiger partial charge < -0.3 is 0 Å². The molecule has 0 saturated carbocycles. The van der Waals surface area contributed by atoms with Gasteiger partial charge in [-0.3, -0.25) is 9.80 Å². The van der Waals surface area contributed by atoms with E-state index >= 15 is 0 Å². The van der Waals surface area contributed by atoms with E-state index in [1.807, 2.05) is 0 Å². The minimum Gasteiger partial charge on any atom is -0.289 e. The zero-order valence-corrected chi connectivity index (χ0v) is 11.1. The topological polar surface area (TPSA) is 6.48 Å². The maximum Gasteiger partial charge on any atom is 0.0678 e. The molecular weight excluding hydrogens is 184 g/mol. The van der Waals surface area contributed by atoms with Gasteiger partial charge >= 0.3 is 0 Å². The molecule has 0 spiro atoms. The van der Waals surface area contributed by atoms with Crippen molar-refractivity contribution in [3.05, 3.63) is 12.7 Å². The van der Waals surface area contributed by atoms with Crippen LogP contribution in [0.15, 0.2) is 12.7 Å². The van der Waals surface area contributed by atoms with Crippen LogP contribution in [0.5, 0.6) is 0 Å². The molecule has 1 unspecified atom stereocenters. The molecule has 0 radical (unpaired) electrons. The molecule has 1 fully saturated rings. The lowest BCUT2D eigenvalue weighted by Crippen LogP contribution is -2.50. The molecule has 2 atom stereocenters. The minimum atomic E-state index is 0.288. The molecule has 0 aliphatic carbocycles. The third-order valence-corrected chi connectivity index (χ3v) is 3.20. The van der Waals surface area contributed by atoms with E-state index in [4.69, 9.17) is 0 Å². The Morgan fingerprint density at radius 2 is 1.87 bits per heavy atom. The summed E-state index contributed by atoms with van der Waals surface area (Å²) in [6.45, 7) is 16.5. The second-order valence-electron chi connectivity index (χ2n) is 6.02. The molecule has 0 amide bonds. The predicted molar refractivity (Wildman–Crippen MR) is 66.8 cm³/mol. The van der Waals surface area contributed by atoms with Crippen LogP contribution < -0.4 is 0 Å². The first kappa shape index (κ1) is 12.7. The van der Waals surface area contributed by atoms with E-state index < -0.39 is 0 Å². The molecule has 1 heterocycles. The van der Waals surface area contributed by atoms with Gasteiger partial charge in [0.15, 0.2) is 0 Å². The molecule has 0 aromatic rings. The Labute approximate surface area is 94.9 Å². The first-order chi connectivity index (χ1) is 6.79. The third-order valence-electron chi connectivity index (χ3n) is 3.20. The van der Waals surface area contributed by atoms with Crippen molar-refractivity contribution in [2.45, 2.75) is 52.9 Å². The molecule has 2 heteroatoms. The third kappa shape index (κ3) is 2.43. The number of nitrogens with zero attached hydrogens (tertiary/aromatic N) is 2. The second-order valence-corrected chi connectivity index (χ2v) is 6.02. The Morgan fingerprint density at radius 1 is 1.33 bits per heavy atom. The van der Waals surface area contributed by atoms with Crippen LogP contribution in [0.25, 0.3) is 0 Å². The average molecular weight is 210 g/mol. The molecule has 0 bridgehead atoms. The van der Waals surface area contributed by atoms with Crippen molar-refractivity contribution in [2.75, 3.05) is 13.6 Å². The maximum atomic E-state index is 3.96. The van der Waals surface area contributed by atoms with Gasteiger partial charge in [-0.2, -0.15) is 0 Å². The van der Waals surface area contributed by atoms with Crippen molar-refractivity contribution in [2.24, 2.45) is 5.41 Å². The number of hydrogen-bond donors (Lipinski definition) is 0. The number of hydrogen-bond acceptors (Lipinski definition) is 2. The zero-order valence-electron chi connectivity index (χ0n) is 11.1. The fourth-order valence-corrected chi connectivity index (χ4v) is 2.87. The van der Waals surface area contributed by atoms with Crippen molar-refractivity contribution in [1.82, 2.24) is 9.80 Å². The molecule has 0 aromatic heterocycles. The largest absolute Gasteiger partial charge is 0.289 e. The van der Waals surface area contributed by atoms with E-state index in [1.165, 1.54) is 0 Å². The van der Waals surface area contributed by atoms with Crippen molar-refractivity contribution >= 4 is 0 Å². The summed E-state index contributed by atoms with van der Waals surface area (Å²) in [5.74, 6) is 0. The van der Waals surface area contributed by atoms with E-state index in [1.54, 1.807) is 0 Å². The highest BCUT2D eigenvalue weighted by molar-refractivity contribution is 5.02. The van der Waals surface area contributed by atoms with Crippen LogP contribution in [-0.2, 0) is 0 Å². The standard InChI is InChI=1S/C13H26N2/c1-8-11-9-14(7)12(13(4,5)6)15(11)10(2)3/h8,10-12H,1,9H2,2-7H3/t11-,12?/m0/s1. The van der Waals surface area contributed by atoms with Crippen LogP contribution in [-0.4, -0.2) is 41.6 Å². The normalized spacial score (nSPS) is 30.1. The molecule has 1 saturated heterocycles. The summed E-state index contributed by atoms with van der Waals surface area (Å²) >= 11 is 0. The predicted octanol–water partition coefficient (Wildman–Crippen LogP) is 2.57. The van der Waals surface area contributed by atoms with Crippen LogP contribution in [0.4, 0.5) is 0 Å². The summed E-state index contributed by atoms with van der Waals surface area (Å²) in [7, 11) is 2.22. The fraction of sp³-hybridized carbons (Fsp3) is 0.846. The lowest BCUT2D eigenvalue weighted by Gasteiger charge is -2.41. The van der Waals surface area contributed by atoms with Gasteiger partial charge in [-0.1, -0.05) is 26.8 Å². The number of likely N-dealkylation sites (N-methyl/N-ethyl adjacent to an activating group) is 1. The average Bonchev–Trinajstić information content (AvgIpc) is 2.41. The van der Waals surface area contributed by atoms with Crippen molar-refractivity contribution in [3.8, 4) is 0 Å². The van der Waals surface area contributed by atoms with Crippen LogP contribution in [0, 0.1) is 5.41 Å². The van der Waals surface area contributed by atoms with Gasteiger partial charge in [0, 0.05) is 18.6 Å². The zero-order chi connectivity index (χ0) is 11.8. The molecule has 1 rings (SSSR count). The molecule has 1 aliphatic heterocycles. The van der Waals surface area contributed by atoms with Gasteiger partial charge in [-0.15, -0.1) is 6.58 Å². The lowest BCUT2D eigenvalue weighted by molar-refractivity contribution is 0.0265. The summed E-state index contributed by atoms with van der Waals surface area (Å²) in [5.41, 5.74) is 0.288. The fourth-order valence-electron chi connectivity index (χ4n) is 2.87. The summed E-state index contributed by atoms with van der Waals surface area (Å²) in [6.07, 6.45) is 2.60. The van der Waals surface area contributed by atoms with E-state index in [0.717, 1.165) is 6.54 Å². The van der Waals surface area contributed by atoms with Crippen LogP contribution in [0.2, 0.25) is 0 Å². The summed E-state index contributed by atoms with van der Waals surface area (Å²) < 4.78 is 0. The molecule has 0 N–H and O–H groups in total. The van der Waals surface area contributed by atoms with Crippen LogP contribution >= 0.6 is 0 Å². The highest BCUT2D eigenvalue weighted by Crippen LogP contribution is 2.34. The quantitative estimate of drug-likeness (QED) is 0.646. The van der Waals surface area contributed by atoms with Crippen molar-refractivity contribution in [1.29, 1.82) is 0 Å². The van der Waals surface area contributed by atoms with Gasteiger partial charge in [0.05, 0.1) is 6.17 Å². The second kappa shape index (κ2) is 4.26. The molecule has 2 nitrogen and oxygen atoms in total. The Kier molecular flexibility index (Phi) is 3.62. The Hall–Kier alpha value is -0.340. The first-order valence-electron chi connectivity index (χ1n) is 5.89. The summed E-state index contributed by atoms with van der Waals surface area (Å²) in [6, 6.07) is 1.07. The maximum absolute atomic E-state index is 3.96. The molecular formula is C13H26N2. The van der Waals surface area contributed by atoms with Crippen molar-refractivity contribution < 1.29 is 0 Å². The van der Waals surface area contributed by atoms with E-state index in [2.05, 4.69) is 64.1 Å². The smallest absolute Gasteiger partial charge is 0.0678 e. The summed E-state index contributed by atoms with van der Waals surface area (Å²) in [4.78, 5) is 5.03. The molecule has 15 heavy (non-hydrogen) atoms. The van der Waals surface area contributed by atoms with Gasteiger partial charge in [-0.05, 0) is 26.3 Å². The monoisotopic (exact) mass is 210 g/mol. The van der Waals surface area contributed by atoms with E-state index in [9.17, 15) is 0 Å². The van der Waals surface area contributed by atoms with E-state index in [0.29, 0.717) is 18.2 Å². The molecule has 0 aromatic carbocycles. The Bertz CT molecular complexity index is 227. The van der Waals surface area contributed by atoms with Crippen LogP contribution in [0.3, 0.4) is 0 Å². The molecule has 88 valence electrons. The highest BCUT2D eigenvalue weighted by Gasteiger charge is 2.43. The first-order valence-corrected chi connectivity index (χ1v) is 5.89. The number of rotatable bonds is 2. The van der Waals surface area contributed by atoms with Gasteiger partial charge in [0.2, 0.25) is 0 Å². The Morgan fingerprint density at radius 3 is 2.20 bits per heavy atom. The van der Waals surface area contributed by atoms with Crippen LogP contribution in [0.1, 0.15) is 34.6 Å². The molecule has 1 aliphatic rings. The minimum absolute atomic E-state index is 0.288. The van der Waals surface area contributed by atoms with Gasteiger partial charge in [0.25, 0.3) is 0 Å². The Balaban J connectivity index is 2.97. The lowest BCUT2D eigenvalue weighted by atomic mass is 9.90. The summed E-state index contributed by atoms with van der Waals surface area (Å²) in [5, 5.41) is 0. The van der Waals surface area contributed by atoms with Gasteiger partial charge in [-0.25, -0.2) is 0 Å².